The first kappa shape index (κ1) is 13.3. The van der Waals surface area contributed by atoms with Gasteiger partial charge in [0.05, 0.1) is 12.1 Å². The van der Waals surface area contributed by atoms with E-state index in [1.165, 1.54) is 0 Å². The lowest BCUT2D eigenvalue weighted by Crippen LogP contribution is -2.05. The Hall–Kier alpha value is -2.17. The van der Waals surface area contributed by atoms with E-state index in [9.17, 15) is 4.79 Å². The van der Waals surface area contributed by atoms with E-state index in [2.05, 4.69) is 23.9 Å². The molecular weight excluding hydrogens is 242 g/mol. The molecule has 0 amide bonds. The van der Waals surface area contributed by atoms with Crippen LogP contribution in [0.2, 0.25) is 0 Å². The van der Waals surface area contributed by atoms with Crippen molar-refractivity contribution < 1.29 is 9.90 Å². The van der Waals surface area contributed by atoms with Crippen LogP contribution in [0, 0.1) is 6.92 Å². The van der Waals surface area contributed by atoms with Crippen LogP contribution in [0.5, 0.6) is 0 Å². The number of aliphatic carboxylic acids is 1. The molecule has 0 aliphatic rings. The van der Waals surface area contributed by atoms with Gasteiger partial charge in [-0.25, -0.2) is 9.67 Å². The quantitative estimate of drug-likeness (QED) is 0.915. The molecule has 0 aliphatic heterocycles. The maximum absolute atomic E-state index is 10.6. The molecule has 0 radical (unpaired) electrons. The summed E-state index contributed by atoms with van der Waals surface area (Å²) in [5.41, 5.74) is 1.68. The summed E-state index contributed by atoms with van der Waals surface area (Å²) in [7, 11) is 0. The van der Waals surface area contributed by atoms with Gasteiger partial charge in [0, 0.05) is 5.92 Å². The molecule has 5 nitrogen and oxygen atoms in total. The van der Waals surface area contributed by atoms with Crippen molar-refractivity contribution in [3.05, 3.63) is 41.5 Å². The molecule has 0 unspecified atom stereocenters. The summed E-state index contributed by atoms with van der Waals surface area (Å²) in [5, 5.41) is 13.1. The number of hydrogen-bond acceptors (Lipinski definition) is 3. The molecule has 0 fully saturated rings. The van der Waals surface area contributed by atoms with Crippen LogP contribution in [0.4, 0.5) is 0 Å². The first-order valence-corrected chi connectivity index (χ1v) is 6.22. The zero-order valence-electron chi connectivity index (χ0n) is 11.3. The number of carbonyl (C=O) groups is 1. The lowest BCUT2D eigenvalue weighted by Gasteiger charge is -2.08. The van der Waals surface area contributed by atoms with Crippen molar-refractivity contribution in [3.8, 4) is 5.69 Å². The van der Waals surface area contributed by atoms with Crippen molar-refractivity contribution in [2.24, 2.45) is 0 Å². The monoisotopic (exact) mass is 259 g/mol. The molecule has 0 aliphatic carbocycles. The van der Waals surface area contributed by atoms with Crippen LogP contribution in [0.3, 0.4) is 0 Å². The molecule has 2 rings (SSSR count). The molecule has 2 aromatic rings. The molecule has 5 heteroatoms. The fraction of sp³-hybridized carbons (Fsp3) is 0.357. The first-order chi connectivity index (χ1) is 8.97. The fourth-order valence-electron chi connectivity index (χ4n) is 1.92. The van der Waals surface area contributed by atoms with E-state index in [0.717, 1.165) is 22.9 Å². The second-order valence-electron chi connectivity index (χ2n) is 4.82. The molecule has 100 valence electrons. The summed E-state index contributed by atoms with van der Waals surface area (Å²) < 4.78 is 1.81. The van der Waals surface area contributed by atoms with Gasteiger partial charge >= 0.3 is 5.97 Å². The standard InChI is InChI=1S/C14H17N3O2/c1-9(2)14-15-10(3)16-17(14)12-6-4-11(5-7-12)8-13(18)19/h4-7,9H,8H2,1-3H3,(H,18,19). The average Bonchev–Trinajstić information content (AvgIpc) is 2.72. The molecule has 0 spiro atoms. The normalized spacial score (nSPS) is 10.9. The van der Waals surface area contributed by atoms with Crippen LogP contribution < -0.4 is 0 Å². The van der Waals surface area contributed by atoms with Crippen molar-refractivity contribution in [1.82, 2.24) is 14.8 Å². The van der Waals surface area contributed by atoms with Gasteiger partial charge in [-0.05, 0) is 24.6 Å². The van der Waals surface area contributed by atoms with Crippen molar-refractivity contribution in [3.63, 3.8) is 0 Å². The molecule has 0 saturated carbocycles. The third-order valence-electron chi connectivity index (χ3n) is 2.79. The number of carboxylic acids is 1. The van der Waals surface area contributed by atoms with E-state index in [-0.39, 0.29) is 12.3 Å². The van der Waals surface area contributed by atoms with Crippen molar-refractivity contribution in [1.29, 1.82) is 0 Å². The number of nitrogens with zero attached hydrogens (tertiary/aromatic N) is 3. The lowest BCUT2D eigenvalue weighted by atomic mass is 10.1. The highest BCUT2D eigenvalue weighted by atomic mass is 16.4. The van der Waals surface area contributed by atoms with Gasteiger partial charge in [-0.15, -0.1) is 0 Å². The molecule has 19 heavy (non-hydrogen) atoms. The van der Waals surface area contributed by atoms with Gasteiger partial charge in [0.1, 0.15) is 11.6 Å². The predicted octanol–water partition coefficient (Wildman–Crippen LogP) is 2.33. The summed E-state index contributed by atoms with van der Waals surface area (Å²) in [5.74, 6) is 1.09. The molecule has 1 aromatic carbocycles. The zero-order valence-corrected chi connectivity index (χ0v) is 11.3. The van der Waals surface area contributed by atoms with E-state index in [1.807, 2.05) is 35.9 Å². The molecular formula is C14H17N3O2. The highest BCUT2D eigenvalue weighted by Crippen LogP contribution is 2.17. The van der Waals surface area contributed by atoms with E-state index < -0.39 is 5.97 Å². The lowest BCUT2D eigenvalue weighted by molar-refractivity contribution is -0.136. The number of hydrogen-bond donors (Lipinski definition) is 1. The van der Waals surface area contributed by atoms with Crippen molar-refractivity contribution >= 4 is 5.97 Å². The first-order valence-electron chi connectivity index (χ1n) is 6.22. The van der Waals surface area contributed by atoms with Crippen LogP contribution in [0.1, 0.15) is 37.0 Å². The second kappa shape index (κ2) is 5.22. The second-order valence-corrected chi connectivity index (χ2v) is 4.82. The Morgan fingerprint density at radius 2 is 1.95 bits per heavy atom. The summed E-state index contributed by atoms with van der Waals surface area (Å²) in [6.45, 7) is 6.00. The zero-order chi connectivity index (χ0) is 14.0. The van der Waals surface area contributed by atoms with Crippen molar-refractivity contribution in [2.75, 3.05) is 0 Å². The SMILES string of the molecule is Cc1nc(C(C)C)n(-c2ccc(CC(=O)O)cc2)n1. The molecule has 0 saturated heterocycles. The minimum Gasteiger partial charge on any atom is -0.481 e. The summed E-state index contributed by atoms with van der Waals surface area (Å²) >= 11 is 0. The van der Waals surface area contributed by atoms with Crippen LogP contribution in [0.15, 0.2) is 24.3 Å². The third-order valence-corrected chi connectivity index (χ3v) is 2.79. The minimum atomic E-state index is -0.827. The average molecular weight is 259 g/mol. The Morgan fingerprint density at radius 1 is 1.32 bits per heavy atom. The number of aromatic nitrogens is 3. The topological polar surface area (TPSA) is 68.0 Å². The minimum absolute atomic E-state index is 0.0354. The van der Waals surface area contributed by atoms with E-state index >= 15 is 0 Å². The molecule has 0 bridgehead atoms. The number of carboxylic acid groups (broad SMARTS) is 1. The maximum atomic E-state index is 10.6. The molecule has 1 N–H and O–H groups in total. The van der Waals surface area contributed by atoms with Gasteiger partial charge in [-0.2, -0.15) is 5.10 Å². The Kier molecular flexibility index (Phi) is 3.64. The van der Waals surface area contributed by atoms with Gasteiger partial charge in [0.25, 0.3) is 0 Å². The van der Waals surface area contributed by atoms with Gasteiger partial charge in [0.15, 0.2) is 0 Å². The van der Waals surface area contributed by atoms with Gasteiger partial charge < -0.3 is 5.11 Å². The van der Waals surface area contributed by atoms with Crippen LogP contribution >= 0.6 is 0 Å². The van der Waals surface area contributed by atoms with Crippen molar-refractivity contribution in [2.45, 2.75) is 33.1 Å². The summed E-state index contributed by atoms with van der Waals surface area (Å²) in [4.78, 5) is 15.1. The fourth-order valence-corrected chi connectivity index (χ4v) is 1.92. The van der Waals surface area contributed by atoms with Crippen LogP contribution in [0.25, 0.3) is 5.69 Å². The Labute approximate surface area is 111 Å². The van der Waals surface area contributed by atoms with Gasteiger partial charge in [0.2, 0.25) is 0 Å². The predicted molar refractivity (Wildman–Crippen MR) is 71.5 cm³/mol. The van der Waals surface area contributed by atoms with Gasteiger partial charge in [-0.3, -0.25) is 4.79 Å². The van der Waals surface area contributed by atoms with E-state index in [0.29, 0.717) is 0 Å². The number of benzene rings is 1. The van der Waals surface area contributed by atoms with E-state index in [1.54, 1.807) is 0 Å². The summed E-state index contributed by atoms with van der Waals surface area (Å²) in [6, 6.07) is 7.37. The smallest absolute Gasteiger partial charge is 0.307 e. The largest absolute Gasteiger partial charge is 0.481 e. The number of rotatable bonds is 4. The van der Waals surface area contributed by atoms with Crippen LogP contribution in [-0.4, -0.2) is 25.8 Å². The maximum Gasteiger partial charge on any atom is 0.307 e. The Bertz CT molecular complexity index is 585. The molecule has 1 heterocycles. The summed E-state index contributed by atoms with van der Waals surface area (Å²) in [6.07, 6.45) is 0.0354. The van der Waals surface area contributed by atoms with E-state index in [4.69, 9.17) is 5.11 Å². The molecule has 1 aromatic heterocycles. The Balaban J connectivity index is 2.34. The number of aryl methyl sites for hydroxylation is 1. The highest BCUT2D eigenvalue weighted by molar-refractivity contribution is 5.70. The highest BCUT2D eigenvalue weighted by Gasteiger charge is 2.12. The molecule has 0 atom stereocenters. The third kappa shape index (κ3) is 2.99. The van der Waals surface area contributed by atoms with Gasteiger partial charge in [-0.1, -0.05) is 26.0 Å². The Morgan fingerprint density at radius 3 is 2.47 bits per heavy atom. The van der Waals surface area contributed by atoms with Crippen LogP contribution in [-0.2, 0) is 11.2 Å².